The molecule has 2 aromatic heterocycles. The van der Waals surface area contributed by atoms with Gasteiger partial charge in [-0.05, 0) is 37.6 Å². The Labute approximate surface area is 174 Å². The van der Waals surface area contributed by atoms with Crippen LogP contribution in [0.4, 0.5) is 8.78 Å². The van der Waals surface area contributed by atoms with E-state index in [1.165, 1.54) is 17.9 Å². The second kappa shape index (κ2) is 9.31. The zero-order valence-corrected chi connectivity index (χ0v) is 17.0. The molecule has 1 aromatic carbocycles. The number of nitrogens with zero attached hydrogens (tertiary/aromatic N) is 3. The zero-order chi connectivity index (χ0) is 21.7. The first-order chi connectivity index (χ1) is 14.3. The first-order valence-electron chi connectivity index (χ1n) is 9.48. The molecular formula is C23H22F2N4O. The zero-order valence-electron chi connectivity index (χ0n) is 17.0. The van der Waals surface area contributed by atoms with Crippen LogP contribution < -0.4 is 5.32 Å². The van der Waals surface area contributed by atoms with Crippen LogP contribution in [0.5, 0.6) is 0 Å². The maximum absolute atomic E-state index is 13.1. The van der Waals surface area contributed by atoms with Crippen LogP contribution in [-0.2, 0) is 13.5 Å². The number of aryl methyl sites for hydroxylation is 2. The third-order valence-electron chi connectivity index (χ3n) is 4.50. The number of rotatable bonds is 5. The molecule has 0 aliphatic heterocycles. The Balaban J connectivity index is 1.66. The van der Waals surface area contributed by atoms with Gasteiger partial charge in [-0.1, -0.05) is 30.0 Å². The van der Waals surface area contributed by atoms with Crippen LogP contribution >= 0.6 is 0 Å². The molecule has 30 heavy (non-hydrogen) atoms. The highest BCUT2D eigenvalue weighted by Crippen LogP contribution is 2.21. The molecule has 5 nitrogen and oxygen atoms in total. The Hall–Kier alpha value is -3.53. The van der Waals surface area contributed by atoms with Crippen LogP contribution in [0.1, 0.15) is 51.8 Å². The van der Waals surface area contributed by atoms with Crippen LogP contribution in [0.25, 0.3) is 0 Å². The Bertz CT molecular complexity index is 1100. The minimum absolute atomic E-state index is 0.115. The van der Waals surface area contributed by atoms with E-state index in [1.54, 1.807) is 13.1 Å². The van der Waals surface area contributed by atoms with Gasteiger partial charge in [-0.2, -0.15) is 5.10 Å². The van der Waals surface area contributed by atoms with E-state index in [1.807, 2.05) is 43.3 Å². The van der Waals surface area contributed by atoms with Gasteiger partial charge in [0.25, 0.3) is 12.3 Å². The molecule has 0 fully saturated rings. The van der Waals surface area contributed by atoms with E-state index < -0.39 is 18.0 Å². The average molecular weight is 408 g/mol. The van der Waals surface area contributed by atoms with Crippen molar-refractivity contribution in [2.75, 3.05) is 0 Å². The average Bonchev–Trinajstić information content (AvgIpc) is 3.11. The summed E-state index contributed by atoms with van der Waals surface area (Å²) < 4.78 is 27.4. The molecule has 0 radical (unpaired) electrons. The summed E-state index contributed by atoms with van der Waals surface area (Å²) in [5.41, 5.74) is 2.86. The predicted octanol–water partition coefficient (Wildman–Crippen LogP) is 3.82. The molecule has 0 saturated carbocycles. The van der Waals surface area contributed by atoms with Crippen LogP contribution in [0.3, 0.4) is 0 Å². The number of amides is 1. The largest absolute Gasteiger partial charge is 0.349 e. The molecule has 3 aromatic rings. The van der Waals surface area contributed by atoms with Crippen molar-refractivity contribution in [3.63, 3.8) is 0 Å². The highest BCUT2D eigenvalue weighted by atomic mass is 19.3. The molecular weight excluding hydrogens is 386 g/mol. The fourth-order valence-electron chi connectivity index (χ4n) is 3.04. The van der Waals surface area contributed by atoms with Crippen molar-refractivity contribution >= 4 is 5.91 Å². The van der Waals surface area contributed by atoms with Gasteiger partial charge in [-0.25, -0.2) is 8.78 Å². The van der Waals surface area contributed by atoms with Gasteiger partial charge in [-0.3, -0.25) is 14.5 Å². The molecule has 0 spiro atoms. The predicted molar refractivity (Wildman–Crippen MR) is 110 cm³/mol. The van der Waals surface area contributed by atoms with E-state index in [0.717, 1.165) is 22.4 Å². The lowest BCUT2D eigenvalue weighted by atomic mass is 10.1. The monoisotopic (exact) mass is 408 g/mol. The third kappa shape index (κ3) is 5.29. The van der Waals surface area contributed by atoms with Gasteiger partial charge in [-0.15, -0.1) is 0 Å². The Kier molecular flexibility index (Phi) is 6.58. The van der Waals surface area contributed by atoms with Gasteiger partial charge in [0.05, 0.1) is 5.56 Å². The topological polar surface area (TPSA) is 59.8 Å². The van der Waals surface area contributed by atoms with Gasteiger partial charge in [0, 0.05) is 48.7 Å². The van der Waals surface area contributed by atoms with Gasteiger partial charge in [0.15, 0.2) is 0 Å². The molecule has 1 atom stereocenters. The first-order valence-corrected chi connectivity index (χ1v) is 9.48. The molecule has 0 saturated heterocycles. The number of aromatic nitrogens is 3. The lowest BCUT2D eigenvalue weighted by Gasteiger charge is -2.15. The van der Waals surface area contributed by atoms with Crippen LogP contribution in [-0.4, -0.2) is 26.7 Å². The van der Waals surface area contributed by atoms with Crippen LogP contribution in [0, 0.1) is 18.8 Å². The number of carbonyl (C=O) groups excluding carboxylic acids is 1. The van der Waals surface area contributed by atoms with Crippen molar-refractivity contribution in [1.29, 1.82) is 0 Å². The summed E-state index contributed by atoms with van der Waals surface area (Å²) in [7, 11) is 1.50. The number of nitrogens with one attached hydrogen (secondary N) is 1. The summed E-state index contributed by atoms with van der Waals surface area (Å²) in [5, 5.41) is 6.41. The Morgan fingerprint density at radius 2 is 1.90 bits per heavy atom. The molecule has 3 rings (SSSR count). The first kappa shape index (κ1) is 21.2. The van der Waals surface area contributed by atoms with Gasteiger partial charge in [0.1, 0.15) is 5.69 Å². The second-order valence-electron chi connectivity index (χ2n) is 7.08. The maximum atomic E-state index is 13.1. The minimum atomic E-state index is -2.81. The maximum Gasteiger partial charge on any atom is 0.282 e. The van der Waals surface area contributed by atoms with Crippen LogP contribution in [0.15, 0.2) is 48.8 Å². The summed E-state index contributed by atoms with van der Waals surface area (Å²) in [6.45, 7) is 3.74. The van der Waals surface area contributed by atoms with Crippen molar-refractivity contribution in [3.05, 3.63) is 82.4 Å². The van der Waals surface area contributed by atoms with E-state index in [0.29, 0.717) is 6.42 Å². The molecule has 2 heterocycles. The smallest absolute Gasteiger partial charge is 0.282 e. The number of benzene rings is 1. The summed E-state index contributed by atoms with van der Waals surface area (Å²) >= 11 is 0. The number of alkyl halides is 2. The lowest BCUT2D eigenvalue weighted by molar-refractivity contribution is 0.0925. The van der Waals surface area contributed by atoms with Gasteiger partial charge < -0.3 is 5.32 Å². The van der Waals surface area contributed by atoms with E-state index in [4.69, 9.17) is 0 Å². The highest BCUT2D eigenvalue weighted by molar-refractivity contribution is 5.95. The molecule has 1 amide bonds. The number of hydrogen-bond acceptors (Lipinski definition) is 3. The molecule has 0 aliphatic carbocycles. The van der Waals surface area contributed by atoms with E-state index in [2.05, 4.69) is 27.2 Å². The lowest BCUT2D eigenvalue weighted by Crippen LogP contribution is -2.34. The molecule has 0 bridgehead atoms. The van der Waals surface area contributed by atoms with E-state index in [-0.39, 0.29) is 11.6 Å². The Morgan fingerprint density at radius 3 is 2.57 bits per heavy atom. The molecule has 154 valence electrons. The van der Waals surface area contributed by atoms with Gasteiger partial charge >= 0.3 is 0 Å². The SMILES string of the molecule is Cc1cc(C#Cc2ccccc2)cnc1CC(C)NC(=O)c1cn(C)nc1C(F)F. The van der Waals surface area contributed by atoms with Crippen molar-refractivity contribution in [2.24, 2.45) is 7.05 Å². The number of hydrogen-bond donors (Lipinski definition) is 1. The van der Waals surface area contributed by atoms with E-state index >= 15 is 0 Å². The summed E-state index contributed by atoms with van der Waals surface area (Å²) in [6.07, 6.45) is 0.653. The fourth-order valence-corrected chi connectivity index (χ4v) is 3.04. The third-order valence-corrected chi connectivity index (χ3v) is 4.50. The van der Waals surface area contributed by atoms with Gasteiger partial charge in [0.2, 0.25) is 0 Å². The van der Waals surface area contributed by atoms with Crippen molar-refractivity contribution < 1.29 is 13.6 Å². The van der Waals surface area contributed by atoms with Crippen molar-refractivity contribution in [2.45, 2.75) is 32.7 Å². The summed E-state index contributed by atoms with van der Waals surface area (Å²) in [5.74, 6) is 5.61. The Morgan fingerprint density at radius 1 is 1.20 bits per heavy atom. The normalized spacial score (nSPS) is 11.7. The molecule has 0 aliphatic rings. The molecule has 7 heteroatoms. The standard InChI is InChI=1S/C23H22F2N4O/c1-15-11-18(10-9-17-7-5-4-6-8-17)13-26-20(15)12-16(2)27-23(30)19-14-29(3)28-21(19)22(24)25/h4-8,11,13-14,16,22H,12H2,1-3H3,(H,27,30). The van der Waals surface area contributed by atoms with E-state index in [9.17, 15) is 13.6 Å². The van der Waals surface area contributed by atoms with Crippen molar-refractivity contribution in [1.82, 2.24) is 20.1 Å². The summed E-state index contributed by atoms with van der Waals surface area (Å²) in [6, 6.07) is 11.3. The molecule has 1 unspecified atom stereocenters. The quantitative estimate of drug-likeness (QED) is 0.653. The second-order valence-corrected chi connectivity index (χ2v) is 7.08. The highest BCUT2D eigenvalue weighted by Gasteiger charge is 2.23. The number of carbonyl (C=O) groups is 1. The molecule has 1 N–H and O–H groups in total. The minimum Gasteiger partial charge on any atom is -0.349 e. The summed E-state index contributed by atoms with van der Waals surface area (Å²) in [4.78, 5) is 16.9. The number of halogens is 2. The van der Waals surface area contributed by atoms with Crippen molar-refractivity contribution in [3.8, 4) is 11.8 Å². The number of pyridine rings is 1. The fraction of sp³-hybridized carbons (Fsp3) is 0.261. The van der Waals surface area contributed by atoms with Crippen LogP contribution in [0.2, 0.25) is 0 Å².